The zero-order chi connectivity index (χ0) is 13.8. The van der Waals surface area contributed by atoms with E-state index < -0.39 is 11.8 Å². The first kappa shape index (κ1) is 13.1. The maximum Gasteiger partial charge on any atom is 0.310 e. The molecule has 0 amide bonds. The summed E-state index contributed by atoms with van der Waals surface area (Å²) < 4.78 is 18.1. The lowest BCUT2D eigenvalue weighted by Gasteiger charge is -2.07. The van der Waals surface area contributed by atoms with Gasteiger partial charge in [0, 0.05) is 0 Å². The average Bonchev–Trinajstić information content (AvgIpc) is 2.41. The summed E-state index contributed by atoms with van der Waals surface area (Å²) in [6.45, 7) is 0. The largest absolute Gasteiger partial charge is 0.508 e. The normalized spacial score (nSPS) is 10.2. The SMILES string of the molecule is COC(=O)Cc1cc(-c2cccc(O)c2)ccc1F. The molecule has 98 valence electrons. The molecular weight excluding hydrogens is 247 g/mol. The molecule has 0 bridgehead atoms. The maximum atomic E-state index is 13.6. The van der Waals surface area contributed by atoms with Gasteiger partial charge in [0.15, 0.2) is 0 Å². The van der Waals surface area contributed by atoms with Crippen molar-refractivity contribution in [3.63, 3.8) is 0 Å². The minimum Gasteiger partial charge on any atom is -0.508 e. The third kappa shape index (κ3) is 3.10. The van der Waals surface area contributed by atoms with Crippen LogP contribution in [0, 0.1) is 5.82 Å². The molecule has 2 rings (SSSR count). The Morgan fingerprint density at radius 2 is 1.95 bits per heavy atom. The van der Waals surface area contributed by atoms with Gasteiger partial charge in [0.2, 0.25) is 0 Å². The highest BCUT2D eigenvalue weighted by atomic mass is 19.1. The first-order chi connectivity index (χ1) is 9.10. The first-order valence-electron chi connectivity index (χ1n) is 5.75. The van der Waals surface area contributed by atoms with E-state index >= 15 is 0 Å². The summed E-state index contributed by atoms with van der Waals surface area (Å²) >= 11 is 0. The van der Waals surface area contributed by atoms with Gasteiger partial charge in [0.1, 0.15) is 11.6 Å². The minimum atomic E-state index is -0.494. The summed E-state index contributed by atoms with van der Waals surface area (Å²) in [6, 6.07) is 11.1. The van der Waals surface area contributed by atoms with Gasteiger partial charge >= 0.3 is 5.97 Å². The Labute approximate surface area is 110 Å². The number of methoxy groups -OCH3 is 1. The molecule has 1 N–H and O–H groups in total. The Balaban J connectivity index is 2.38. The number of aromatic hydroxyl groups is 1. The quantitative estimate of drug-likeness (QED) is 0.863. The van der Waals surface area contributed by atoms with Gasteiger partial charge in [-0.15, -0.1) is 0 Å². The first-order valence-corrected chi connectivity index (χ1v) is 5.75. The number of hydrogen-bond acceptors (Lipinski definition) is 3. The van der Waals surface area contributed by atoms with E-state index in [0.717, 1.165) is 11.1 Å². The molecule has 19 heavy (non-hydrogen) atoms. The highest BCUT2D eigenvalue weighted by Gasteiger charge is 2.10. The number of halogens is 1. The van der Waals surface area contributed by atoms with Crippen LogP contribution in [-0.2, 0) is 16.0 Å². The average molecular weight is 260 g/mol. The fourth-order valence-corrected chi connectivity index (χ4v) is 1.80. The number of carbonyl (C=O) groups is 1. The van der Waals surface area contributed by atoms with Gasteiger partial charge in [0.25, 0.3) is 0 Å². The standard InChI is InChI=1S/C15H13FO3/c1-19-15(18)9-12-7-11(5-6-14(12)16)10-3-2-4-13(17)8-10/h2-8,17H,9H2,1H3. The van der Waals surface area contributed by atoms with E-state index in [1.807, 2.05) is 0 Å². The predicted molar refractivity (Wildman–Crippen MR) is 69.2 cm³/mol. The molecule has 3 nitrogen and oxygen atoms in total. The van der Waals surface area contributed by atoms with Crippen molar-refractivity contribution in [1.29, 1.82) is 0 Å². The lowest BCUT2D eigenvalue weighted by Crippen LogP contribution is -2.06. The smallest absolute Gasteiger partial charge is 0.310 e. The van der Waals surface area contributed by atoms with Crippen LogP contribution >= 0.6 is 0 Å². The maximum absolute atomic E-state index is 13.6. The Bertz CT molecular complexity index is 608. The topological polar surface area (TPSA) is 46.5 Å². The van der Waals surface area contributed by atoms with Crippen LogP contribution in [0.5, 0.6) is 5.75 Å². The summed E-state index contributed by atoms with van der Waals surface area (Å²) in [4.78, 5) is 11.2. The molecule has 0 saturated carbocycles. The molecule has 4 heteroatoms. The molecule has 0 aliphatic heterocycles. The summed E-state index contributed by atoms with van der Waals surface area (Å²) in [5.41, 5.74) is 1.76. The van der Waals surface area contributed by atoms with Gasteiger partial charge < -0.3 is 9.84 Å². The van der Waals surface area contributed by atoms with Gasteiger partial charge in [-0.25, -0.2) is 4.39 Å². The molecule has 0 unspecified atom stereocenters. The lowest BCUT2D eigenvalue weighted by atomic mass is 10.0. The second kappa shape index (κ2) is 5.52. The predicted octanol–water partition coefficient (Wildman–Crippen LogP) is 2.91. The van der Waals surface area contributed by atoms with Crippen molar-refractivity contribution in [1.82, 2.24) is 0 Å². The van der Waals surface area contributed by atoms with Crippen molar-refractivity contribution in [2.45, 2.75) is 6.42 Å². The van der Waals surface area contributed by atoms with Crippen LogP contribution in [-0.4, -0.2) is 18.2 Å². The fraction of sp³-hybridized carbons (Fsp3) is 0.133. The highest BCUT2D eigenvalue weighted by Crippen LogP contribution is 2.25. The van der Waals surface area contributed by atoms with Crippen LogP contribution in [0.2, 0.25) is 0 Å². The summed E-state index contributed by atoms with van der Waals surface area (Å²) in [7, 11) is 1.26. The zero-order valence-corrected chi connectivity index (χ0v) is 10.4. The third-order valence-electron chi connectivity index (χ3n) is 2.79. The van der Waals surface area contributed by atoms with Crippen LogP contribution in [0.4, 0.5) is 4.39 Å². The monoisotopic (exact) mass is 260 g/mol. The van der Waals surface area contributed by atoms with Crippen molar-refractivity contribution in [2.75, 3.05) is 7.11 Å². The van der Waals surface area contributed by atoms with Crippen molar-refractivity contribution < 1.29 is 19.0 Å². The molecule has 0 aliphatic carbocycles. The summed E-state index contributed by atoms with van der Waals surface area (Å²) in [6.07, 6.45) is -0.116. The number of ether oxygens (including phenoxy) is 1. The minimum absolute atomic E-state index is 0.116. The van der Waals surface area contributed by atoms with Gasteiger partial charge in [-0.2, -0.15) is 0 Å². The molecule has 0 radical (unpaired) electrons. The molecule has 0 aliphatic rings. The Morgan fingerprint density at radius 3 is 2.63 bits per heavy atom. The van der Waals surface area contributed by atoms with Crippen LogP contribution in [0.15, 0.2) is 42.5 Å². The highest BCUT2D eigenvalue weighted by molar-refractivity contribution is 5.74. The molecule has 0 fully saturated rings. The molecule has 0 heterocycles. The van der Waals surface area contributed by atoms with E-state index in [1.165, 1.54) is 13.2 Å². The van der Waals surface area contributed by atoms with E-state index in [-0.39, 0.29) is 17.7 Å². The van der Waals surface area contributed by atoms with E-state index in [4.69, 9.17) is 0 Å². The van der Waals surface area contributed by atoms with Gasteiger partial charge in [-0.05, 0) is 41.0 Å². The van der Waals surface area contributed by atoms with Gasteiger partial charge in [-0.3, -0.25) is 4.79 Å². The van der Waals surface area contributed by atoms with Crippen molar-refractivity contribution in [3.05, 3.63) is 53.8 Å². The Morgan fingerprint density at radius 1 is 1.21 bits per heavy atom. The van der Waals surface area contributed by atoms with Crippen LogP contribution in [0.25, 0.3) is 11.1 Å². The van der Waals surface area contributed by atoms with Crippen LogP contribution < -0.4 is 0 Å². The third-order valence-corrected chi connectivity index (χ3v) is 2.79. The van der Waals surface area contributed by atoms with E-state index in [1.54, 1.807) is 36.4 Å². The van der Waals surface area contributed by atoms with E-state index in [2.05, 4.69) is 4.74 Å². The number of benzene rings is 2. The zero-order valence-electron chi connectivity index (χ0n) is 10.4. The number of phenols is 1. The molecule has 2 aromatic carbocycles. The molecule has 2 aromatic rings. The van der Waals surface area contributed by atoms with Crippen molar-refractivity contribution in [2.24, 2.45) is 0 Å². The van der Waals surface area contributed by atoms with Crippen LogP contribution in [0.3, 0.4) is 0 Å². The van der Waals surface area contributed by atoms with E-state index in [0.29, 0.717) is 0 Å². The molecule has 0 saturated heterocycles. The van der Waals surface area contributed by atoms with E-state index in [9.17, 15) is 14.3 Å². The van der Waals surface area contributed by atoms with Crippen molar-refractivity contribution in [3.8, 4) is 16.9 Å². The number of hydrogen-bond donors (Lipinski definition) is 1. The van der Waals surface area contributed by atoms with Gasteiger partial charge in [-0.1, -0.05) is 18.2 Å². The number of esters is 1. The second-order valence-corrected chi connectivity index (χ2v) is 4.11. The number of carbonyl (C=O) groups excluding carboxylic acids is 1. The molecule has 0 aromatic heterocycles. The molecular formula is C15H13FO3. The number of rotatable bonds is 3. The lowest BCUT2D eigenvalue weighted by molar-refractivity contribution is -0.139. The fourth-order valence-electron chi connectivity index (χ4n) is 1.80. The number of phenolic OH excluding ortho intramolecular Hbond substituents is 1. The Hall–Kier alpha value is -2.36. The second-order valence-electron chi connectivity index (χ2n) is 4.11. The Kier molecular flexibility index (Phi) is 3.80. The van der Waals surface area contributed by atoms with Crippen LogP contribution in [0.1, 0.15) is 5.56 Å². The van der Waals surface area contributed by atoms with Gasteiger partial charge in [0.05, 0.1) is 13.5 Å². The summed E-state index contributed by atoms with van der Waals surface area (Å²) in [5, 5.41) is 9.43. The van der Waals surface area contributed by atoms with Crippen molar-refractivity contribution >= 4 is 5.97 Å². The summed E-state index contributed by atoms with van der Waals surface area (Å²) in [5.74, 6) is -0.808. The molecule has 0 atom stereocenters. The molecule has 0 spiro atoms.